The molecule has 0 aromatic heterocycles. The minimum atomic E-state index is -4.06. The fourth-order valence-electron chi connectivity index (χ4n) is 2.09. The number of halogens is 2. The molecule has 1 aromatic rings. The van der Waals surface area contributed by atoms with Gasteiger partial charge < -0.3 is 5.11 Å². The second-order valence-corrected chi connectivity index (χ2v) is 7.04. The normalized spacial score (nSPS) is 28.8. The Morgan fingerprint density at radius 1 is 1.42 bits per heavy atom. The molecule has 1 N–H and O–H groups in total. The summed E-state index contributed by atoms with van der Waals surface area (Å²) in [5.74, 6) is -2.22. The van der Waals surface area contributed by atoms with Crippen molar-refractivity contribution in [3.8, 4) is 0 Å². The van der Waals surface area contributed by atoms with Crippen LogP contribution in [0.1, 0.15) is 13.8 Å². The van der Waals surface area contributed by atoms with E-state index in [1.165, 1.54) is 6.92 Å². The van der Waals surface area contributed by atoms with Gasteiger partial charge in [-0.3, -0.25) is 0 Å². The molecular formula is C12H15F2NO3S. The van der Waals surface area contributed by atoms with E-state index >= 15 is 0 Å². The Bertz CT molecular complexity index is 601. The van der Waals surface area contributed by atoms with E-state index in [4.69, 9.17) is 0 Å². The SMILES string of the molecule is C[C@@H]1CN(S(=O)(=O)c2ccc(F)cc2F)C[C@]1(C)O. The van der Waals surface area contributed by atoms with E-state index in [0.717, 1.165) is 16.4 Å². The van der Waals surface area contributed by atoms with Crippen molar-refractivity contribution in [2.45, 2.75) is 24.3 Å². The first-order valence-electron chi connectivity index (χ1n) is 5.82. The zero-order valence-electron chi connectivity index (χ0n) is 10.6. The molecule has 106 valence electrons. The first kappa shape index (κ1) is 14.4. The van der Waals surface area contributed by atoms with E-state index in [9.17, 15) is 22.3 Å². The predicted octanol–water partition coefficient (Wildman–Crippen LogP) is 1.36. The van der Waals surface area contributed by atoms with E-state index in [0.29, 0.717) is 6.07 Å². The van der Waals surface area contributed by atoms with Gasteiger partial charge in [-0.25, -0.2) is 17.2 Å². The van der Waals surface area contributed by atoms with Crippen molar-refractivity contribution in [2.24, 2.45) is 5.92 Å². The lowest BCUT2D eigenvalue weighted by Gasteiger charge is -2.20. The highest BCUT2D eigenvalue weighted by Gasteiger charge is 2.44. The van der Waals surface area contributed by atoms with Crippen LogP contribution < -0.4 is 0 Å². The largest absolute Gasteiger partial charge is 0.388 e. The van der Waals surface area contributed by atoms with Gasteiger partial charge in [0, 0.05) is 19.2 Å². The number of hydrogen-bond acceptors (Lipinski definition) is 3. The Kier molecular flexibility index (Phi) is 3.40. The predicted molar refractivity (Wildman–Crippen MR) is 64.9 cm³/mol. The summed E-state index contributed by atoms with van der Waals surface area (Å²) >= 11 is 0. The molecule has 0 aliphatic carbocycles. The highest BCUT2D eigenvalue weighted by Crippen LogP contribution is 2.31. The van der Waals surface area contributed by atoms with Gasteiger partial charge in [-0.1, -0.05) is 6.92 Å². The van der Waals surface area contributed by atoms with E-state index in [2.05, 4.69) is 0 Å². The van der Waals surface area contributed by atoms with Crippen LogP contribution >= 0.6 is 0 Å². The number of rotatable bonds is 2. The maximum Gasteiger partial charge on any atom is 0.246 e. The zero-order chi connectivity index (χ0) is 14.4. The lowest BCUT2D eigenvalue weighted by atomic mass is 9.95. The van der Waals surface area contributed by atoms with Gasteiger partial charge in [-0.05, 0) is 25.0 Å². The van der Waals surface area contributed by atoms with Crippen LogP contribution in [0.15, 0.2) is 23.1 Å². The molecule has 1 aliphatic heterocycles. The summed E-state index contributed by atoms with van der Waals surface area (Å²) < 4.78 is 51.9. The van der Waals surface area contributed by atoms with Crippen LogP contribution in [0.3, 0.4) is 0 Å². The topological polar surface area (TPSA) is 57.6 Å². The van der Waals surface area contributed by atoms with Crippen LogP contribution in [0.2, 0.25) is 0 Å². The molecule has 0 bridgehead atoms. The molecule has 1 heterocycles. The second kappa shape index (κ2) is 4.50. The van der Waals surface area contributed by atoms with Gasteiger partial charge in [-0.2, -0.15) is 4.31 Å². The third-order valence-corrected chi connectivity index (χ3v) is 5.39. The van der Waals surface area contributed by atoms with Gasteiger partial charge in [0.15, 0.2) is 0 Å². The van der Waals surface area contributed by atoms with Crippen molar-refractivity contribution in [3.63, 3.8) is 0 Å². The molecule has 0 spiro atoms. The molecule has 0 unspecified atom stereocenters. The molecule has 1 aromatic carbocycles. The molecule has 19 heavy (non-hydrogen) atoms. The summed E-state index contributed by atoms with van der Waals surface area (Å²) in [7, 11) is -4.06. The third-order valence-electron chi connectivity index (χ3n) is 3.55. The summed E-state index contributed by atoms with van der Waals surface area (Å²) in [6, 6.07) is 2.33. The lowest BCUT2D eigenvalue weighted by molar-refractivity contribution is 0.0404. The number of aliphatic hydroxyl groups is 1. The Morgan fingerprint density at radius 2 is 2.05 bits per heavy atom. The first-order chi connectivity index (χ1) is 8.64. The Labute approximate surface area is 110 Å². The second-order valence-electron chi connectivity index (χ2n) is 5.13. The van der Waals surface area contributed by atoms with Crippen molar-refractivity contribution < 1.29 is 22.3 Å². The Morgan fingerprint density at radius 3 is 2.53 bits per heavy atom. The summed E-state index contributed by atoms with van der Waals surface area (Å²) in [5.41, 5.74) is -1.15. The van der Waals surface area contributed by atoms with Crippen LogP contribution in [0, 0.1) is 17.6 Å². The van der Waals surface area contributed by atoms with Gasteiger partial charge >= 0.3 is 0 Å². The van der Waals surface area contributed by atoms with Crippen molar-refractivity contribution in [2.75, 3.05) is 13.1 Å². The van der Waals surface area contributed by atoms with E-state index in [1.807, 2.05) is 0 Å². The lowest BCUT2D eigenvalue weighted by Crippen LogP contribution is -2.35. The summed E-state index contributed by atoms with van der Waals surface area (Å²) in [6.45, 7) is 3.25. The Balaban J connectivity index is 2.39. The number of hydrogen-bond donors (Lipinski definition) is 1. The van der Waals surface area contributed by atoms with Crippen molar-refractivity contribution in [1.29, 1.82) is 0 Å². The standard InChI is InChI=1S/C12H15F2NO3S/c1-8-6-15(7-12(8,2)16)19(17,18)11-4-3-9(13)5-10(11)14/h3-5,8,16H,6-7H2,1-2H3/t8-,12+/m1/s1. The molecular weight excluding hydrogens is 276 g/mol. The molecule has 0 amide bonds. The third kappa shape index (κ3) is 2.50. The average molecular weight is 291 g/mol. The minimum Gasteiger partial charge on any atom is -0.388 e. The summed E-state index contributed by atoms with van der Waals surface area (Å²) in [6.07, 6.45) is 0. The monoisotopic (exact) mass is 291 g/mol. The fourth-order valence-corrected chi connectivity index (χ4v) is 3.76. The molecule has 2 atom stereocenters. The summed E-state index contributed by atoms with van der Waals surface area (Å²) in [5, 5.41) is 10.00. The summed E-state index contributed by atoms with van der Waals surface area (Å²) in [4.78, 5) is -0.571. The molecule has 2 rings (SSSR count). The minimum absolute atomic E-state index is 0.103. The Hall–Kier alpha value is -1.05. The average Bonchev–Trinajstić information content (AvgIpc) is 2.53. The van der Waals surface area contributed by atoms with Crippen LogP contribution in [0.25, 0.3) is 0 Å². The maximum absolute atomic E-state index is 13.6. The molecule has 0 saturated carbocycles. The number of sulfonamides is 1. The number of benzene rings is 1. The molecule has 0 radical (unpaired) electrons. The van der Waals surface area contributed by atoms with Crippen molar-refractivity contribution >= 4 is 10.0 Å². The molecule has 1 aliphatic rings. The fraction of sp³-hybridized carbons (Fsp3) is 0.500. The van der Waals surface area contributed by atoms with Crippen LogP contribution in [-0.2, 0) is 10.0 Å². The van der Waals surface area contributed by atoms with E-state index in [1.54, 1.807) is 6.92 Å². The highest BCUT2D eigenvalue weighted by molar-refractivity contribution is 7.89. The smallest absolute Gasteiger partial charge is 0.246 e. The zero-order valence-corrected chi connectivity index (χ0v) is 11.4. The molecule has 4 nitrogen and oxygen atoms in total. The number of β-amino-alcohol motifs (C(OH)–C–C–N with tert-alkyl or cyclic N) is 1. The van der Waals surface area contributed by atoms with Gasteiger partial charge in [0.25, 0.3) is 0 Å². The molecule has 1 fully saturated rings. The molecule has 7 heteroatoms. The maximum atomic E-state index is 13.6. The van der Waals surface area contributed by atoms with Gasteiger partial charge in [-0.15, -0.1) is 0 Å². The number of nitrogens with zero attached hydrogens (tertiary/aromatic N) is 1. The van der Waals surface area contributed by atoms with Gasteiger partial charge in [0.1, 0.15) is 16.5 Å². The van der Waals surface area contributed by atoms with Crippen LogP contribution in [-0.4, -0.2) is 36.5 Å². The molecule has 1 saturated heterocycles. The van der Waals surface area contributed by atoms with E-state index < -0.39 is 32.2 Å². The van der Waals surface area contributed by atoms with Crippen LogP contribution in [0.5, 0.6) is 0 Å². The first-order valence-corrected chi connectivity index (χ1v) is 7.26. The van der Waals surface area contributed by atoms with Crippen molar-refractivity contribution in [3.05, 3.63) is 29.8 Å². The van der Waals surface area contributed by atoms with Gasteiger partial charge in [0.2, 0.25) is 10.0 Å². The van der Waals surface area contributed by atoms with E-state index in [-0.39, 0.29) is 19.0 Å². The van der Waals surface area contributed by atoms with Crippen LogP contribution in [0.4, 0.5) is 8.78 Å². The quantitative estimate of drug-likeness (QED) is 0.895. The van der Waals surface area contributed by atoms with Gasteiger partial charge in [0.05, 0.1) is 5.60 Å². The van der Waals surface area contributed by atoms with Crippen molar-refractivity contribution in [1.82, 2.24) is 4.31 Å². The highest BCUT2D eigenvalue weighted by atomic mass is 32.2.